The summed E-state index contributed by atoms with van der Waals surface area (Å²) in [5.41, 5.74) is 2.42. The number of aryl methyl sites for hydroxylation is 1. The van der Waals surface area contributed by atoms with E-state index in [-0.39, 0.29) is 29.7 Å². The molecule has 0 bridgehead atoms. The van der Waals surface area contributed by atoms with E-state index in [1.807, 2.05) is 11.8 Å². The number of likely N-dealkylation sites (tertiary alicyclic amines) is 1. The van der Waals surface area contributed by atoms with E-state index in [2.05, 4.69) is 36.5 Å². The molecule has 2 fully saturated rings. The molecule has 2 amide bonds. The number of carbonyl (C=O) groups is 2. The van der Waals surface area contributed by atoms with Crippen LogP contribution in [0.25, 0.3) is 0 Å². The lowest BCUT2D eigenvalue weighted by atomic mass is 9.87. The molecule has 1 aromatic rings. The Morgan fingerprint density at radius 2 is 1.91 bits per heavy atom. The Kier molecular flexibility index (Phi) is 4.69. The Balaban J connectivity index is 1.81. The second kappa shape index (κ2) is 6.73. The topological polar surface area (TPSA) is 49.4 Å². The van der Waals surface area contributed by atoms with E-state index >= 15 is 0 Å². The van der Waals surface area contributed by atoms with Gasteiger partial charge in [0.05, 0.1) is 12.0 Å². The number of amides is 2. The molecule has 1 aromatic carbocycles. The lowest BCUT2D eigenvalue weighted by molar-refractivity contribution is -0.140. The third-order valence-electron chi connectivity index (χ3n) is 4.94. The highest BCUT2D eigenvalue weighted by atomic mass is 16.2. The van der Waals surface area contributed by atoms with Crippen LogP contribution in [0.5, 0.6) is 0 Å². The van der Waals surface area contributed by atoms with Crippen molar-refractivity contribution in [3.63, 3.8) is 0 Å². The second-order valence-electron chi connectivity index (χ2n) is 6.86. The van der Waals surface area contributed by atoms with Crippen molar-refractivity contribution in [2.75, 3.05) is 13.1 Å². The fourth-order valence-electron chi connectivity index (χ4n) is 3.54. The van der Waals surface area contributed by atoms with E-state index in [1.165, 1.54) is 11.1 Å². The van der Waals surface area contributed by atoms with Crippen LogP contribution in [0, 0.1) is 18.8 Å². The molecule has 3 rings (SSSR count). The van der Waals surface area contributed by atoms with Gasteiger partial charge < -0.3 is 10.2 Å². The molecule has 1 N–H and O–H groups in total. The minimum atomic E-state index is -0.0706. The van der Waals surface area contributed by atoms with Crippen molar-refractivity contribution in [1.29, 1.82) is 0 Å². The second-order valence-corrected chi connectivity index (χ2v) is 6.86. The molecule has 0 aromatic heterocycles. The minimum Gasteiger partial charge on any atom is -0.356 e. The summed E-state index contributed by atoms with van der Waals surface area (Å²) in [5.74, 6) is 0.447. The van der Waals surface area contributed by atoms with Crippen LogP contribution >= 0.6 is 0 Å². The molecule has 0 radical (unpaired) electrons. The van der Waals surface area contributed by atoms with Gasteiger partial charge in [0.25, 0.3) is 0 Å². The Hall–Kier alpha value is -1.84. The standard InChI is InChI=1S/C19H26N2O2/c1-3-20-18(22)16-9-10-17(15-6-4-5-13(2)11-15)21(12-16)19(23)14-7-8-14/h4-6,11,14,16-17H,3,7-10,12H2,1-2H3,(H,20,22). The van der Waals surface area contributed by atoms with Crippen molar-refractivity contribution in [2.45, 2.75) is 45.6 Å². The normalized spacial score (nSPS) is 24.3. The lowest BCUT2D eigenvalue weighted by Crippen LogP contribution is -2.47. The lowest BCUT2D eigenvalue weighted by Gasteiger charge is -2.39. The van der Waals surface area contributed by atoms with Gasteiger partial charge in [0, 0.05) is 19.0 Å². The Morgan fingerprint density at radius 1 is 1.17 bits per heavy atom. The van der Waals surface area contributed by atoms with Gasteiger partial charge in [-0.25, -0.2) is 0 Å². The van der Waals surface area contributed by atoms with Gasteiger partial charge in [-0.15, -0.1) is 0 Å². The summed E-state index contributed by atoms with van der Waals surface area (Å²) in [5, 5.41) is 2.91. The van der Waals surface area contributed by atoms with Gasteiger partial charge >= 0.3 is 0 Å². The summed E-state index contributed by atoms with van der Waals surface area (Å²) in [6, 6.07) is 8.53. The van der Waals surface area contributed by atoms with Crippen LogP contribution in [0.4, 0.5) is 0 Å². The smallest absolute Gasteiger partial charge is 0.226 e. The first kappa shape index (κ1) is 16.0. The summed E-state index contributed by atoms with van der Waals surface area (Å²) in [7, 11) is 0. The molecule has 1 aliphatic heterocycles. The molecule has 4 nitrogen and oxygen atoms in total. The maximum atomic E-state index is 12.7. The Morgan fingerprint density at radius 3 is 2.57 bits per heavy atom. The Bertz CT molecular complexity index is 595. The van der Waals surface area contributed by atoms with Crippen molar-refractivity contribution >= 4 is 11.8 Å². The monoisotopic (exact) mass is 314 g/mol. The van der Waals surface area contributed by atoms with Crippen LogP contribution in [0.1, 0.15) is 49.8 Å². The first-order chi connectivity index (χ1) is 11.1. The van der Waals surface area contributed by atoms with E-state index in [1.54, 1.807) is 0 Å². The van der Waals surface area contributed by atoms with E-state index in [9.17, 15) is 9.59 Å². The quantitative estimate of drug-likeness (QED) is 0.929. The molecule has 0 spiro atoms. The number of piperidine rings is 1. The van der Waals surface area contributed by atoms with Crippen molar-refractivity contribution in [2.24, 2.45) is 11.8 Å². The van der Waals surface area contributed by atoms with Crippen LogP contribution in [0.3, 0.4) is 0 Å². The van der Waals surface area contributed by atoms with E-state index in [4.69, 9.17) is 0 Å². The third-order valence-corrected chi connectivity index (χ3v) is 4.94. The largest absolute Gasteiger partial charge is 0.356 e. The molecule has 2 aliphatic rings. The van der Waals surface area contributed by atoms with Crippen molar-refractivity contribution < 1.29 is 9.59 Å². The van der Waals surface area contributed by atoms with Gasteiger partial charge in [-0.05, 0) is 45.1 Å². The maximum absolute atomic E-state index is 12.7. The van der Waals surface area contributed by atoms with Crippen LogP contribution < -0.4 is 5.32 Å². The minimum absolute atomic E-state index is 0.0706. The zero-order valence-electron chi connectivity index (χ0n) is 14.0. The van der Waals surface area contributed by atoms with Crippen LogP contribution in [0.2, 0.25) is 0 Å². The average Bonchev–Trinajstić information content (AvgIpc) is 3.39. The van der Waals surface area contributed by atoms with Crippen molar-refractivity contribution in [3.8, 4) is 0 Å². The number of nitrogens with zero attached hydrogens (tertiary/aromatic N) is 1. The molecule has 1 saturated heterocycles. The summed E-state index contributed by atoms with van der Waals surface area (Å²) in [4.78, 5) is 26.9. The molecular formula is C19H26N2O2. The summed E-state index contributed by atoms with van der Waals surface area (Å²) < 4.78 is 0. The van der Waals surface area contributed by atoms with Gasteiger partial charge in [-0.3, -0.25) is 9.59 Å². The SMILES string of the molecule is CCNC(=O)C1CCC(c2cccc(C)c2)N(C(=O)C2CC2)C1. The molecule has 2 unspecified atom stereocenters. The molecule has 4 heteroatoms. The van der Waals surface area contributed by atoms with Gasteiger partial charge in [-0.1, -0.05) is 29.8 Å². The Labute approximate surface area is 138 Å². The van der Waals surface area contributed by atoms with Gasteiger partial charge in [0.15, 0.2) is 0 Å². The summed E-state index contributed by atoms with van der Waals surface area (Å²) in [6.45, 7) is 5.22. The van der Waals surface area contributed by atoms with Crippen LogP contribution in [-0.4, -0.2) is 29.8 Å². The summed E-state index contributed by atoms with van der Waals surface area (Å²) >= 11 is 0. The third kappa shape index (κ3) is 3.57. The molecule has 2 atom stereocenters. The van der Waals surface area contributed by atoms with Crippen molar-refractivity contribution in [1.82, 2.24) is 10.2 Å². The first-order valence-corrected chi connectivity index (χ1v) is 8.75. The zero-order valence-corrected chi connectivity index (χ0v) is 14.0. The predicted octanol–water partition coefficient (Wildman–Crippen LogP) is 2.82. The fraction of sp³-hybridized carbons (Fsp3) is 0.579. The van der Waals surface area contributed by atoms with E-state index < -0.39 is 0 Å². The van der Waals surface area contributed by atoms with Gasteiger partial charge in [-0.2, -0.15) is 0 Å². The molecule has 1 aliphatic carbocycles. The number of hydrogen-bond donors (Lipinski definition) is 1. The molecule has 1 heterocycles. The highest BCUT2D eigenvalue weighted by Gasteiger charge is 2.41. The fourth-order valence-corrected chi connectivity index (χ4v) is 3.54. The first-order valence-electron chi connectivity index (χ1n) is 8.75. The van der Waals surface area contributed by atoms with Crippen LogP contribution in [0.15, 0.2) is 24.3 Å². The zero-order chi connectivity index (χ0) is 16.4. The van der Waals surface area contributed by atoms with Crippen molar-refractivity contribution in [3.05, 3.63) is 35.4 Å². The van der Waals surface area contributed by atoms with E-state index in [0.717, 1.165) is 25.7 Å². The predicted molar refractivity (Wildman–Crippen MR) is 89.8 cm³/mol. The highest BCUT2D eigenvalue weighted by Crippen LogP contribution is 2.39. The summed E-state index contributed by atoms with van der Waals surface area (Å²) in [6.07, 6.45) is 3.71. The van der Waals surface area contributed by atoms with Crippen LogP contribution in [-0.2, 0) is 9.59 Å². The average molecular weight is 314 g/mol. The number of rotatable bonds is 4. The maximum Gasteiger partial charge on any atom is 0.226 e. The van der Waals surface area contributed by atoms with Gasteiger partial charge in [0.2, 0.25) is 11.8 Å². The number of benzene rings is 1. The number of hydrogen-bond acceptors (Lipinski definition) is 2. The van der Waals surface area contributed by atoms with E-state index in [0.29, 0.717) is 13.1 Å². The number of carbonyl (C=O) groups excluding carboxylic acids is 2. The molecule has 124 valence electrons. The molecule has 1 saturated carbocycles. The molecular weight excluding hydrogens is 288 g/mol. The van der Waals surface area contributed by atoms with Gasteiger partial charge in [0.1, 0.15) is 0 Å². The number of nitrogens with one attached hydrogen (secondary N) is 1. The highest BCUT2D eigenvalue weighted by molar-refractivity contribution is 5.84. The molecule has 23 heavy (non-hydrogen) atoms.